The lowest BCUT2D eigenvalue weighted by Gasteiger charge is -2.24. The first-order valence-corrected chi connectivity index (χ1v) is 9.34. The van der Waals surface area contributed by atoms with Gasteiger partial charge in [0.05, 0.1) is 24.2 Å². The molecule has 1 N–H and O–H groups in total. The van der Waals surface area contributed by atoms with Crippen LogP contribution in [0.5, 0.6) is 0 Å². The highest BCUT2D eigenvalue weighted by Gasteiger charge is 2.29. The fourth-order valence-electron chi connectivity index (χ4n) is 3.00. The van der Waals surface area contributed by atoms with E-state index in [2.05, 4.69) is 15.3 Å². The molecule has 152 valence electrons. The molecular formula is C20H24F3N3O2. The number of nitrogens with one attached hydrogen (secondary N) is 1. The predicted octanol–water partition coefficient (Wildman–Crippen LogP) is 4.34. The molecule has 2 heterocycles. The maximum absolute atomic E-state index is 12.3. The number of benzene rings is 1. The standard InChI is InChI=1S/C20H24F3N3O2/c1-14-2-7-17(28-13-20(21,22)23)8-9-25-19(14)26-16-5-3-15(4-6-16)18-12-24-10-11-27-18/h3-6,8-9,14,18,24H,2,7,10-13H2,1H3/b17-8+,25-9?,26-19?. The average molecular weight is 395 g/mol. The normalized spacial score (nSPS) is 27.0. The summed E-state index contributed by atoms with van der Waals surface area (Å²) in [5.74, 6) is 0.937. The van der Waals surface area contributed by atoms with Crippen LogP contribution in [-0.4, -0.2) is 44.5 Å². The minimum Gasteiger partial charge on any atom is -0.488 e. The Balaban J connectivity index is 1.67. The second-order valence-electron chi connectivity index (χ2n) is 6.88. The van der Waals surface area contributed by atoms with E-state index in [0.717, 1.165) is 24.3 Å². The van der Waals surface area contributed by atoms with E-state index in [1.165, 1.54) is 12.3 Å². The molecule has 5 nitrogen and oxygen atoms in total. The fourth-order valence-corrected chi connectivity index (χ4v) is 3.00. The zero-order valence-electron chi connectivity index (χ0n) is 15.7. The van der Waals surface area contributed by atoms with Gasteiger partial charge in [-0.25, -0.2) is 9.98 Å². The van der Waals surface area contributed by atoms with Gasteiger partial charge in [-0.2, -0.15) is 13.2 Å². The molecule has 0 aliphatic carbocycles. The third-order valence-electron chi connectivity index (χ3n) is 4.59. The van der Waals surface area contributed by atoms with E-state index < -0.39 is 12.8 Å². The number of allylic oxidation sites excluding steroid dienone is 2. The van der Waals surface area contributed by atoms with Gasteiger partial charge in [0, 0.05) is 31.6 Å². The SMILES string of the molecule is CC1CC/C(OCC(F)(F)F)=C\C=NC1=Nc1ccc(C2CNCCO2)cc1. The van der Waals surface area contributed by atoms with Crippen molar-refractivity contribution in [2.75, 3.05) is 26.3 Å². The quantitative estimate of drug-likeness (QED) is 0.825. The first-order chi connectivity index (χ1) is 13.4. The summed E-state index contributed by atoms with van der Waals surface area (Å²) in [6.07, 6.45) is -0.343. The Bertz CT molecular complexity index is 736. The second-order valence-corrected chi connectivity index (χ2v) is 6.88. The van der Waals surface area contributed by atoms with Gasteiger partial charge in [0.2, 0.25) is 0 Å². The van der Waals surface area contributed by atoms with E-state index in [-0.39, 0.29) is 17.8 Å². The number of ether oxygens (including phenoxy) is 2. The average Bonchev–Trinajstić information content (AvgIpc) is 2.67. The van der Waals surface area contributed by atoms with Gasteiger partial charge >= 0.3 is 6.18 Å². The van der Waals surface area contributed by atoms with Crippen molar-refractivity contribution in [2.45, 2.75) is 32.0 Å². The number of hydrogen-bond acceptors (Lipinski definition) is 4. The Labute approximate surface area is 162 Å². The summed E-state index contributed by atoms with van der Waals surface area (Å²) in [5.41, 5.74) is 1.88. The van der Waals surface area contributed by atoms with Crippen LogP contribution in [-0.2, 0) is 9.47 Å². The number of halogens is 3. The molecule has 0 saturated carbocycles. The van der Waals surface area contributed by atoms with Crippen LogP contribution < -0.4 is 5.32 Å². The highest BCUT2D eigenvalue weighted by atomic mass is 19.4. The number of morpholine rings is 1. The van der Waals surface area contributed by atoms with Crippen molar-refractivity contribution in [3.8, 4) is 0 Å². The summed E-state index contributed by atoms with van der Waals surface area (Å²) in [5, 5.41) is 3.30. The second kappa shape index (κ2) is 9.34. The first-order valence-electron chi connectivity index (χ1n) is 9.34. The molecule has 2 aliphatic heterocycles. The van der Waals surface area contributed by atoms with Crippen LogP contribution >= 0.6 is 0 Å². The molecule has 0 amide bonds. The molecule has 0 aromatic heterocycles. The van der Waals surface area contributed by atoms with Crippen LogP contribution in [0.1, 0.15) is 31.4 Å². The summed E-state index contributed by atoms with van der Waals surface area (Å²) in [6.45, 7) is 3.03. The maximum atomic E-state index is 12.3. The Hall–Kier alpha value is -2.19. The smallest absolute Gasteiger partial charge is 0.422 e. The van der Waals surface area contributed by atoms with Crippen molar-refractivity contribution >= 4 is 17.7 Å². The number of amidine groups is 1. The van der Waals surface area contributed by atoms with Crippen LogP contribution in [0.15, 0.2) is 46.1 Å². The Morgan fingerprint density at radius 2 is 2.07 bits per heavy atom. The van der Waals surface area contributed by atoms with E-state index in [1.54, 1.807) is 0 Å². The van der Waals surface area contributed by atoms with E-state index in [4.69, 9.17) is 9.47 Å². The predicted molar refractivity (Wildman–Crippen MR) is 102 cm³/mol. The minimum atomic E-state index is -4.34. The zero-order valence-corrected chi connectivity index (χ0v) is 15.7. The van der Waals surface area contributed by atoms with Gasteiger partial charge < -0.3 is 14.8 Å². The molecule has 1 fully saturated rings. The van der Waals surface area contributed by atoms with Crippen LogP contribution in [0.2, 0.25) is 0 Å². The van der Waals surface area contributed by atoms with Crippen molar-refractivity contribution < 1.29 is 22.6 Å². The van der Waals surface area contributed by atoms with E-state index in [1.807, 2.05) is 31.2 Å². The molecule has 3 rings (SSSR count). The van der Waals surface area contributed by atoms with Crippen molar-refractivity contribution in [3.63, 3.8) is 0 Å². The lowest BCUT2D eigenvalue weighted by Crippen LogP contribution is -2.33. The van der Waals surface area contributed by atoms with Crippen LogP contribution in [0.25, 0.3) is 0 Å². The van der Waals surface area contributed by atoms with E-state index in [9.17, 15) is 13.2 Å². The Morgan fingerprint density at radius 3 is 2.75 bits per heavy atom. The lowest BCUT2D eigenvalue weighted by molar-refractivity contribution is -0.165. The lowest BCUT2D eigenvalue weighted by atomic mass is 10.0. The van der Waals surface area contributed by atoms with Gasteiger partial charge in [0.15, 0.2) is 6.61 Å². The van der Waals surface area contributed by atoms with Crippen molar-refractivity contribution in [3.05, 3.63) is 41.7 Å². The molecule has 0 spiro atoms. The minimum absolute atomic E-state index is 0.00000826. The number of nitrogens with zero attached hydrogens (tertiary/aromatic N) is 2. The van der Waals surface area contributed by atoms with Gasteiger partial charge in [-0.15, -0.1) is 0 Å². The van der Waals surface area contributed by atoms with Crippen LogP contribution in [0.3, 0.4) is 0 Å². The van der Waals surface area contributed by atoms with Crippen molar-refractivity contribution in [1.29, 1.82) is 0 Å². The molecule has 0 radical (unpaired) electrons. The van der Waals surface area contributed by atoms with Gasteiger partial charge in [0.1, 0.15) is 5.84 Å². The van der Waals surface area contributed by atoms with Gasteiger partial charge in [0.25, 0.3) is 0 Å². The molecule has 28 heavy (non-hydrogen) atoms. The Morgan fingerprint density at radius 1 is 1.29 bits per heavy atom. The molecule has 1 aromatic rings. The summed E-state index contributed by atoms with van der Waals surface area (Å²) < 4.78 is 47.5. The van der Waals surface area contributed by atoms with Crippen molar-refractivity contribution in [1.82, 2.24) is 5.32 Å². The molecule has 2 unspecified atom stereocenters. The Kier molecular flexibility index (Phi) is 6.85. The molecule has 2 atom stereocenters. The summed E-state index contributed by atoms with van der Waals surface area (Å²) in [6, 6.07) is 7.85. The zero-order chi connectivity index (χ0) is 20.0. The van der Waals surface area contributed by atoms with E-state index in [0.29, 0.717) is 25.3 Å². The monoisotopic (exact) mass is 395 g/mol. The van der Waals surface area contributed by atoms with Gasteiger partial charge in [-0.05, 0) is 30.2 Å². The molecule has 1 aromatic carbocycles. The van der Waals surface area contributed by atoms with Crippen LogP contribution in [0.4, 0.5) is 18.9 Å². The fraction of sp³-hybridized carbons (Fsp3) is 0.500. The topological polar surface area (TPSA) is 55.2 Å². The largest absolute Gasteiger partial charge is 0.488 e. The number of aliphatic imine (C=N–C) groups is 2. The molecule has 2 aliphatic rings. The first kappa shape index (κ1) is 20.5. The molecular weight excluding hydrogens is 371 g/mol. The van der Waals surface area contributed by atoms with Gasteiger partial charge in [-0.1, -0.05) is 19.1 Å². The maximum Gasteiger partial charge on any atom is 0.422 e. The third kappa shape index (κ3) is 6.17. The molecule has 0 bridgehead atoms. The molecule has 8 heteroatoms. The van der Waals surface area contributed by atoms with Crippen molar-refractivity contribution in [2.24, 2.45) is 15.9 Å². The highest BCUT2D eigenvalue weighted by molar-refractivity contribution is 5.95. The number of rotatable bonds is 4. The van der Waals surface area contributed by atoms with E-state index >= 15 is 0 Å². The third-order valence-corrected chi connectivity index (χ3v) is 4.59. The van der Waals surface area contributed by atoms with Crippen LogP contribution in [0, 0.1) is 5.92 Å². The summed E-state index contributed by atoms with van der Waals surface area (Å²) >= 11 is 0. The molecule has 1 saturated heterocycles. The number of alkyl halides is 3. The summed E-state index contributed by atoms with van der Waals surface area (Å²) in [4.78, 5) is 8.93. The summed E-state index contributed by atoms with van der Waals surface area (Å²) in [7, 11) is 0. The van der Waals surface area contributed by atoms with Gasteiger partial charge in [-0.3, -0.25) is 0 Å². The highest BCUT2D eigenvalue weighted by Crippen LogP contribution is 2.25. The number of hydrogen-bond donors (Lipinski definition) is 1.